The van der Waals surface area contributed by atoms with Crippen LogP contribution in [0.15, 0.2) is 12.1 Å². The average molecular weight is 467 g/mol. The fourth-order valence-corrected chi connectivity index (χ4v) is 5.13. The van der Waals surface area contributed by atoms with Crippen LogP contribution in [0.25, 0.3) is 0 Å². The first-order valence-corrected chi connectivity index (χ1v) is 11.3. The zero-order chi connectivity index (χ0) is 24.1. The first kappa shape index (κ1) is 23.7. The summed E-state index contributed by atoms with van der Waals surface area (Å²) in [6, 6.07) is 2.35. The summed E-state index contributed by atoms with van der Waals surface area (Å²) in [6.07, 6.45) is -3.84. The number of piperidine rings is 1. The lowest BCUT2D eigenvalue weighted by atomic mass is 9.84. The maximum atomic E-state index is 13.8. The Bertz CT molecular complexity index is 1050. The van der Waals surface area contributed by atoms with E-state index in [-0.39, 0.29) is 28.4 Å². The van der Waals surface area contributed by atoms with Gasteiger partial charge < -0.3 is 4.90 Å². The number of hydrogen-bond donors (Lipinski definition) is 1. The molecule has 1 fully saturated rings. The number of aromatic nitrogens is 2. The quantitative estimate of drug-likeness (QED) is 0.628. The van der Waals surface area contributed by atoms with Gasteiger partial charge in [0.1, 0.15) is 5.82 Å². The molecule has 0 atom stereocenters. The molecule has 1 saturated heterocycles. The van der Waals surface area contributed by atoms with Crippen LogP contribution < -0.4 is 0 Å². The number of likely N-dealkylation sites (tertiary alicyclic amines) is 1. The third-order valence-corrected chi connectivity index (χ3v) is 6.55. The van der Waals surface area contributed by atoms with Crippen molar-refractivity contribution in [3.63, 3.8) is 0 Å². The Hall–Kier alpha value is -2.42. The number of nitrogens with one attached hydrogen (secondary N) is 1. The van der Waals surface area contributed by atoms with Gasteiger partial charge in [-0.25, -0.2) is 4.39 Å². The van der Waals surface area contributed by atoms with Crippen LogP contribution in [0, 0.1) is 18.2 Å². The molecule has 1 amide bonds. The van der Waals surface area contributed by atoms with E-state index < -0.39 is 17.6 Å². The molecule has 0 radical (unpaired) electrons. The Balaban J connectivity index is 1.46. The van der Waals surface area contributed by atoms with E-state index in [1.807, 2.05) is 0 Å². The topological polar surface area (TPSA) is 52.2 Å². The average Bonchev–Trinajstić information content (AvgIpc) is 3.27. The summed E-state index contributed by atoms with van der Waals surface area (Å²) in [7, 11) is 0. The van der Waals surface area contributed by atoms with E-state index in [9.17, 15) is 22.4 Å². The summed E-state index contributed by atoms with van der Waals surface area (Å²) in [4.78, 5) is 17.1. The zero-order valence-electron chi connectivity index (χ0n) is 19.4. The van der Waals surface area contributed by atoms with Gasteiger partial charge >= 0.3 is 6.18 Å². The van der Waals surface area contributed by atoms with E-state index in [4.69, 9.17) is 0 Å². The van der Waals surface area contributed by atoms with Crippen molar-refractivity contribution in [2.45, 2.75) is 65.7 Å². The number of halogens is 4. The van der Waals surface area contributed by atoms with Gasteiger partial charge in [-0.2, -0.15) is 18.3 Å². The maximum absolute atomic E-state index is 13.8. The summed E-state index contributed by atoms with van der Waals surface area (Å²) in [5.74, 6) is -1.42. The van der Waals surface area contributed by atoms with Crippen LogP contribution in [0.2, 0.25) is 0 Å². The van der Waals surface area contributed by atoms with Crippen molar-refractivity contribution in [3.8, 4) is 0 Å². The molecule has 3 heterocycles. The summed E-state index contributed by atoms with van der Waals surface area (Å²) in [5.41, 5.74) is 1.29. The number of alkyl halides is 3. The molecule has 0 bridgehead atoms. The minimum atomic E-state index is -4.62. The Labute approximate surface area is 191 Å². The van der Waals surface area contributed by atoms with Crippen molar-refractivity contribution in [2.24, 2.45) is 5.41 Å². The van der Waals surface area contributed by atoms with Crippen molar-refractivity contribution in [2.75, 3.05) is 19.6 Å². The number of nitrogens with zero attached hydrogens (tertiary/aromatic N) is 3. The van der Waals surface area contributed by atoms with E-state index in [0.717, 1.165) is 30.4 Å². The molecule has 0 saturated carbocycles. The van der Waals surface area contributed by atoms with Gasteiger partial charge in [0.05, 0.1) is 11.3 Å². The van der Waals surface area contributed by atoms with Crippen LogP contribution in [0.3, 0.4) is 0 Å². The number of rotatable bonds is 3. The van der Waals surface area contributed by atoms with E-state index in [2.05, 4.69) is 35.9 Å². The number of benzene rings is 1. The largest absolute Gasteiger partial charge is 0.417 e. The van der Waals surface area contributed by atoms with Crippen molar-refractivity contribution in [3.05, 3.63) is 51.6 Å². The molecule has 2 aliphatic heterocycles. The Morgan fingerprint density at radius 1 is 1.15 bits per heavy atom. The third kappa shape index (κ3) is 4.78. The van der Waals surface area contributed by atoms with Gasteiger partial charge in [-0.3, -0.25) is 14.8 Å². The number of fused-ring (bicyclic) bond motifs is 1. The lowest BCUT2D eigenvalue weighted by Crippen LogP contribution is -2.39. The van der Waals surface area contributed by atoms with Crippen LogP contribution in [0.5, 0.6) is 0 Å². The Kier molecular flexibility index (Phi) is 6.05. The number of H-pyrrole nitrogens is 1. The summed E-state index contributed by atoms with van der Waals surface area (Å²) >= 11 is 0. The standard InChI is InChI=1S/C24H30F4N4O/c1-14-18(25)6-5-16(20(14)24(26,27)28)15-7-9-32(10-8-15)22(33)21-17-11-31(13-23(2,3)4)12-19(17)29-30-21/h5-6,15H,7-13H2,1-4H3,(H,29,30). The number of carbonyl (C=O) groups excluding carboxylic acids is 1. The van der Waals surface area contributed by atoms with Crippen LogP contribution >= 0.6 is 0 Å². The molecule has 1 aromatic carbocycles. The Morgan fingerprint density at radius 2 is 1.82 bits per heavy atom. The number of carbonyl (C=O) groups is 1. The zero-order valence-corrected chi connectivity index (χ0v) is 19.4. The number of aromatic amines is 1. The van der Waals surface area contributed by atoms with Gasteiger partial charge in [-0.1, -0.05) is 26.8 Å². The predicted molar refractivity (Wildman–Crippen MR) is 116 cm³/mol. The second kappa shape index (κ2) is 8.42. The second-order valence-electron chi connectivity index (χ2n) is 10.4. The fraction of sp³-hybridized carbons (Fsp3) is 0.583. The predicted octanol–water partition coefficient (Wildman–Crippen LogP) is 5.26. The van der Waals surface area contributed by atoms with Crippen LogP contribution in [-0.2, 0) is 19.3 Å². The molecule has 5 nitrogen and oxygen atoms in total. The third-order valence-electron chi connectivity index (χ3n) is 6.55. The van der Waals surface area contributed by atoms with E-state index in [0.29, 0.717) is 38.2 Å². The smallest absolute Gasteiger partial charge is 0.337 e. The maximum Gasteiger partial charge on any atom is 0.417 e. The van der Waals surface area contributed by atoms with E-state index in [1.54, 1.807) is 4.90 Å². The molecular formula is C24H30F4N4O. The molecule has 4 rings (SSSR count). The monoisotopic (exact) mass is 466 g/mol. The Morgan fingerprint density at radius 3 is 2.42 bits per heavy atom. The molecule has 2 aliphatic rings. The van der Waals surface area contributed by atoms with Gasteiger partial charge in [-0.15, -0.1) is 0 Å². The van der Waals surface area contributed by atoms with Crippen LogP contribution in [0.4, 0.5) is 17.6 Å². The summed E-state index contributed by atoms with van der Waals surface area (Å²) in [6.45, 7) is 10.6. The van der Waals surface area contributed by atoms with Crippen molar-refractivity contribution in [1.29, 1.82) is 0 Å². The van der Waals surface area contributed by atoms with Gasteiger partial charge in [0.15, 0.2) is 5.69 Å². The number of amides is 1. The molecule has 33 heavy (non-hydrogen) atoms. The fourth-order valence-electron chi connectivity index (χ4n) is 5.13. The highest BCUT2D eigenvalue weighted by Gasteiger charge is 2.39. The van der Waals surface area contributed by atoms with Crippen LogP contribution in [-0.4, -0.2) is 45.5 Å². The summed E-state index contributed by atoms with van der Waals surface area (Å²) < 4.78 is 54.8. The van der Waals surface area contributed by atoms with Gasteiger partial charge in [0, 0.05) is 38.3 Å². The molecule has 180 valence electrons. The number of hydrogen-bond acceptors (Lipinski definition) is 3. The highest BCUT2D eigenvalue weighted by atomic mass is 19.4. The van der Waals surface area contributed by atoms with Gasteiger partial charge in [-0.05, 0) is 48.3 Å². The van der Waals surface area contributed by atoms with Crippen molar-refractivity contribution < 1.29 is 22.4 Å². The van der Waals surface area contributed by atoms with Crippen molar-refractivity contribution in [1.82, 2.24) is 20.0 Å². The molecule has 2 aromatic rings. The normalized spacial score (nSPS) is 18.1. The lowest BCUT2D eigenvalue weighted by molar-refractivity contribution is -0.139. The second-order valence-corrected chi connectivity index (χ2v) is 10.4. The first-order chi connectivity index (χ1) is 15.3. The minimum absolute atomic E-state index is 0.118. The molecule has 1 N–H and O–H groups in total. The van der Waals surface area contributed by atoms with Crippen LogP contribution in [0.1, 0.15) is 78.0 Å². The molecule has 0 unspecified atom stereocenters. The van der Waals surface area contributed by atoms with E-state index >= 15 is 0 Å². The van der Waals surface area contributed by atoms with Gasteiger partial charge in [0.25, 0.3) is 5.91 Å². The molecule has 1 aromatic heterocycles. The van der Waals surface area contributed by atoms with Crippen molar-refractivity contribution >= 4 is 5.91 Å². The minimum Gasteiger partial charge on any atom is -0.337 e. The summed E-state index contributed by atoms with van der Waals surface area (Å²) in [5, 5.41) is 7.25. The van der Waals surface area contributed by atoms with Gasteiger partial charge in [0.2, 0.25) is 0 Å². The molecular weight excluding hydrogens is 436 g/mol. The highest BCUT2D eigenvalue weighted by molar-refractivity contribution is 5.94. The SMILES string of the molecule is Cc1c(F)ccc(C2CCN(C(=O)c3n[nH]c4c3CN(CC(C)(C)C)C4)CC2)c1C(F)(F)F. The lowest BCUT2D eigenvalue weighted by Gasteiger charge is -2.33. The molecule has 9 heteroatoms. The highest BCUT2D eigenvalue weighted by Crippen LogP contribution is 2.41. The molecule has 0 aliphatic carbocycles. The van der Waals surface area contributed by atoms with E-state index in [1.165, 1.54) is 13.0 Å². The first-order valence-electron chi connectivity index (χ1n) is 11.3. The molecule has 0 spiro atoms.